The first-order valence-corrected chi connectivity index (χ1v) is 9.33. The summed E-state index contributed by atoms with van der Waals surface area (Å²) in [7, 11) is 0. The molecule has 2 heteroatoms. The van der Waals surface area contributed by atoms with Crippen molar-refractivity contribution in [3.8, 4) is 16.8 Å². The number of thiophene rings is 1. The van der Waals surface area contributed by atoms with Gasteiger partial charge in [-0.15, -0.1) is 11.3 Å². The van der Waals surface area contributed by atoms with Gasteiger partial charge in [-0.05, 0) is 47.7 Å². The zero-order valence-corrected chi connectivity index (χ0v) is 14.8. The van der Waals surface area contributed by atoms with Gasteiger partial charge in [0.15, 0.2) is 0 Å². The van der Waals surface area contributed by atoms with Crippen LogP contribution >= 0.6 is 11.3 Å². The molecule has 3 aromatic carbocycles. The zero-order chi connectivity index (χ0) is 16.8. The molecule has 120 valence electrons. The molecule has 5 aromatic rings. The first-order chi connectivity index (χ1) is 12.3. The highest BCUT2D eigenvalue weighted by Gasteiger charge is 2.12. The lowest BCUT2D eigenvalue weighted by atomic mass is 10.0. The molecule has 0 spiro atoms. The average molecular weight is 339 g/mol. The van der Waals surface area contributed by atoms with Crippen LogP contribution in [-0.2, 0) is 0 Å². The van der Waals surface area contributed by atoms with Gasteiger partial charge in [0, 0.05) is 16.5 Å². The average Bonchev–Trinajstić information content (AvgIpc) is 3.23. The summed E-state index contributed by atoms with van der Waals surface area (Å²) in [6, 6.07) is 28.4. The van der Waals surface area contributed by atoms with Gasteiger partial charge < -0.3 is 4.57 Å². The Hall–Kier alpha value is -2.84. The van der Waals surface area contributed by atoms with E-state index in [4.69, 9.17) is 0 Å². The summed E-state index contributed by atoms with van der Waals surface area (Å²) in [6.07, 6.45) is 0. The topological polar surface area (TPSA) is 4.93 Å². The maximum Gasteiger partial charge on any atom is 0.108 e. The highest BCUT2D eigenvalue weighted by Crippen LogP contribution is 2.35. The van der Waals surface area contributed by atoms with Crippen LogP contribution in [0.5, 0.6) is 0 Å². The Bertz CT molecular complexity index is 1170. The van der Waals surface area contributed by atoms with Crippen molar-refractivity contribution < 1.29 is 0 Å². The van der Waals surface area contributed by atoms with Gasteiger partial charge in [0.1, 0.15) is 4.83 Å². The molecule has 0 N–H and O–H groups in total. The molecular weight excluding hydrogens is 322 g/mol. The molecule has 0 atom stereocenters. The summed E-state index contributed by atoms with van der Waals surface area (Å²) in [5.41, 5.74) is 6.29. The number of fused-ring (bicyclic) bond motifs is 3. The maximum absolute atomic E-state index is 2.37. The van der Waals surface area contributed by atoms with E-state index in [0.29, 0.717) is 0 Å². The molecule has 0 aliphatic carbocycles. The summed E-state index contributed by atoms with van der Waals surface area (Å²) in [6.45, 7) is 2.12. The van der Waals surface area contributed by atoms with Gasteiger partial charge >= 0.3 is 0 Å². The Labute approximate surface area is 150 Å². The quantitative estimate of drug-likeness (QED) is 0.332. The largest absolute Gasteiger partial charge is 0.301 e. The van der Waals surface area contributed by atoms with Crippen molar-refractivity contribution in [3.05, 3.63) is 89.8 Å². The number of nitrogens with zero attached hydrogens (tertiary/aromatic N) is 1. The molecule has 2 aromatic heterocycles. The molecule has 0 saturated carbocycles. The van der Waals surface area contributed by atoms with Crippen LogP contribution in [0.25, 0.3) is 37.9 Å². The van der Waals surface area contributed by atoms with Crippen molar-refractivity contribution in [2.75, 3.05) is 0 Å². The monoisotopic (exact) mass is 339 g/mol. The Kier molecular flexibility index (Phi) is 3.25. The van der Waals surface area contributed by atoms with E-state index in [9.17, 15) is 0 Å². The van der Waals surface area contributed by atoms with Crippen LogP contribution in [0.1, 0.15) is 5.56 Å². The summed E-state index contributed by atoms with van der Waals surface area (Å²) >= 11 is 1.80. The van der Waals surface area contributed by atoms with Crippen molar-refractivity contribution in [2.45, 2.75) is 6.92 Å². The highest BCUT2D eigenvalue weighted by molar-refractivity contribution is 7.17. The van der Waals surface area contributed by atoms with Gasteiger partial charge in [-0.2, -0.15) is 0 Å². The van der Waals surface area contributed by atoms with Crippen molar-refractivity contribution in [1.29, 1.82) is 0 Å². The van der Waals surface area contributed by atoms with Gasteiger partial charge in [0.05, 0.1) is 5.52 Å². The van der Waals surface area contributed by atoms with Crippen LogP contribution in [0.4, 0.5) is 0 Å². The lowest BCUT2D eigenvalue weighted by Gasteiger charge is -2.08. The Morgan fingerprint density at radius 3 is 2.12 bits per heavy atom. The van der Waals surface area contributed by atoms with Crippen LogP contribution in [0.15, 0.2) is 84.2 Å². The predicted octanol–water partition coefficient (Wildman–Crippen LogP) is 6.82. The lowest BCUT2D eigenvalue weighted by Crippen LogP contribution is -1.92. The maximum atomic E-state index is 2.37. The third kappa shape index (κ3) is 2.30. The first kappa shape index (κ1) is 14.5. The molecule has 0 fully saturated rings. The molecule has 0 amide bonds. The second kappa shape index (κ2) is 5.61. The van der Waals surface area contributed by atoms with Gasteiger partial charge in [-0.1, -0.05) is 60.2 Å². The number of aryl methyl sites for hydroxylation is 1. The molecule has 5 rings (SSSR count). The fraction of sp³-hybridized carbons (Fsp3) is 0.0435. The molecular formula is C23H17NS. The van der Waals surface area contributed by atoms with E-state index in [1.807, 2.05) is 0 Å². The molecule has 25 heavy (non-hydrogen) atoms. The minimum Gasteiger partial charge on any atom is -0.301 e. The van der Waals surface area contributed by atoms with Gasteiger partial charge in [-0.25, -0.2) is 0 Å². The number of hydrogen-bond acceptors (Lipinski definition) is 1. The fourth-order valence-electron chi connectivity index (χ4n) is 3.49. The second-order valence-electron chi connectivity index (χ2n) is 6.40. The van der Waals surface area contributed by atoms with Crippen molar-refractivity contribution in [3.63, 3.8) is 0 Å². The summed E-state index contributed by atoms with van der Waals surface area (Å²) in [4.78, 5) is 1.31. The van der Waals surface area contributed by atoms with Crippen molar-refractivity contribution >= 4 is 32.5 Å². The molecule has 1 nitrogen and oxygen atoms in total. The minimum absolute atomic E-state index is 1.21. The van der Waals surface area contributed by atoms with Crippen LogP contribution in [0.2, 0.25) is 0 Å². The fourth-order valence-corrected chi connectivity index (χ4v) is 4.44. The van der Waals surface area contributed by atoms with E-state index in [1.165, 1.54) is 43.5 Å². The summed E-state index contributed by atoms with van der Waals surface area (Å²) in [5, 5.41) is 4.83. The third-order valence-corrected chi connectivity index (χ3v) is 5.69. The number of aromatic nitrogens is 1. The minimum atomic E-state index is 1.21. The zero-order valence-electron chi connectivity index (χ0n) is 13.9. The van der Waals surface area contributed by atoms with E-state index in [-0.39, 0.29) is 0 Å². The first-order valence-electron chi connectivity index (χ1n) is 8.45. The van der Waals surface area contributed by atoms with E-state index < -0.39 is 0 Å². The van der Waals surface area contributed by atoms with Gasteiger partial charge in [-0.3, -0.25) is 0 Å². The van der Waals surface area contributed by atoms with E-state index in [0.717, 1.165) is 0 Å². The smallest absolute Gasteiger partial charge is 0.108 e. The van der Waals surface area contributed by atoms with Gasteiger partial charge in [0.2, 0.25) is 0 Å². The molecule has 0 aliphatic rings. The summed E-state index contributed by atoms with van der Waals surface area (Å²) < 4.78 is 2.37. The second-order valence-corrected chi connectivity index (χ2v) is 7.30. The molecule has 0 aliphatic heterocycles. The number of rotatable bonds is 2. The molecule has 0 bridgehead atoms. The molecule has 0 saturated heterocycles. The number of hydrogen-bond donors (Lipinski definition) is 0. The van der Waals surface area contributed by atoms with E-state index in [2.05, 4.69) is 95.7 Å². The Morgan fingerprint density at radius 2 is 1.36 bits per heavy atom. The SMILES string of the molecule is Cc1ccc(-c2ccc(-n3c4ccccc4c4ccsc43)cc2)cc1. The highest BCUT2D eigenvalue weighted by atomic mass is 32.1. The van der Waals surface area contributed by atoms with E-state index >= 15 is 0 Å². The Balaban J connectivity index is 1.67. The van der Waals surface area contributed by atoms with E-state index in [1.54, 1.807) is 11.3 Å². The van der Waals surface area contributed by atoms with Crippen LogP contribution < -0.4 is 0 Å². The predicted molar refractivity (Wildman–Crippen MR) is 109 cm³/mol. The standard InChI is InChI=1S/C23H17NS/c1-16-6-8-17(9-7-16)18-10-12-19(13-11-18)24-22-5-3-2-4-20(22)21-14-15-25-23(21)24/h2-15H,1H3. The van der Waals surface area contributed by atoms with Gasteiger partial charge in [0.25, 0.3) is 0 Å². The molecule has 0 radical (unpaired) electrons. The number of para-hydroxylation sites is 1. The number of benzene rings is 3. The van der Waals surface area contributed by atoms with Crippen LogP contribution in [0, 0.1) is 6.92 Å². The Morgan fingerprint density at radius 1 is 0.680 bits per heavy atom. The molecule has 0 unspecified atom stereocenters. The molecule has 2 heterocycles. The third-order valence-electron chi connectivity index (χ3n) is 4.79. The summed E-state index contributed by atoms with van der Waals surface area (Å²) in [5.74, 6) is 0. The normalized spacial score (nSPS) is 11.4. The van der Waals surface area contributed by atoms with Crippen molar-refractivity contribution in [2.24, 2.45) is 0 Å². The van der Waals surface area contributed by atoms with Crippen LogP contribution in [-0.4, -0.2) is 4.57 Å². The van der Waals surface area contributed by atoms with Crippen molar-refractivity contribution in [1.82, 2.24) is 4.57 Å². The lowest BCUT2D eigenvalue weighted by molar-refractivity contribution is 1.19. The van der Waals surface area contributed by atoms with Crippen LogP contribution in [0.3, 0.4) is 0 Å².